The Labute approximate surface area is 112 Å². The molecule has 0 aliphatic heterocycles. The molecule has 0 radical (unpaired) electrons. The van der Waals surface area contributed by atoms with E-state index in [1.807, 2.05) is 36.2 Å². The van der Waals surface area contributed by atoms with Gasteiger partial charge in [0.25, 0.3) is 0 Å². The first-order valence-electron chi connectivity index (χ1n) is 5.80. The Morgan fingerprint density at radius 1 is 1.26 bits per heavy atom. The van der Waals surface area contributed by atoms with E-state index in [2.05, 4.69) is 4.98 Å². The lowest BCUT2D eigenvalue weighted by Crippen LogP contribution is -2.19. The molecular formula is C14H16N4O. The molecule has 0 aliphatic rings. The van der Waals surface area contributed by atoms with Crippen LogP contribution in [-0.4, -0.2) is 25.0 Å². The molecule has 0 amide bonds. The zero-order valence-electron chi connectivity index (χ0n) is 10.9. The number of aromatic nitrogens is 1. The van der Waals surface area contributed by atoms with E-state index < -0.39 is 0 Å². The third kappa shape index (κ3) is 2.49. The zero-order valence-corrected chi connectivity index (χ0v) is 10.9. The van der Waals surface area contributed by atoms with Gasteiger partial charge in [-0.1, -0.05) is 12.1 Å². The average molecular weight is 256 g/mol. The maximum Gasteiger partial charge on any atom is 0.142 e. The first-order chi connectivity index (χ1) is 9.15. The van der Waals surface area contributed by atoms with Crippen molar-refractivity contribution < 1.29 is 4.74 Å². The van der Waals surface area contributed by atoms with E-state index in [4.69, 9.17) is 15.9 Å². The highest BCUT2D eigenvalue weighted by molar-refractivity contribution is 6.01. The zero-order chi connectivity index (χ0) is 13.8. The maximum absolute atomic E-state index is 7.62. The summed E-state index contributed by atoms with van der Waals surface area (Å²) in [6, 6.07) is 9.39. The standard InChI is InChI=1S/C14H16N4O/c1-18(11-5-3-4-6-13(11)19-2)12-9-17-8-7-10(12)14(15)16/h3-9H,1-2H3,(H3,15,16). The van der Waals surface area contributed by atoms with Crippen LogP contribution in [0.4, 0.5) is 11.4 Å². The van der Waals surface area contributed by atoms with Crippen LogP contribution in [-0.2, 0) is 0 Å². The number of anilines is 2. The van der Waals surface area contributed by atoms with Crippen molar-refractivity contribution in [3.63, 3.8) is 0 Å². The van der Waals surface area contributed by atoms with Crippen LogP contribution in [0.25, 0.3) is 0 Å². The fourth-order valence-electron chi connectivity index (χ4n) is 1.92. The SMILES string of the molecule is COc1ccccc1N(C)c1cnccc1C(=N)N. The van der Waals surface area contributed by atoms with Crippen LogP contribution >= 0.6 is 0 Å². The molecule has 19 heavy (non-hydrogen) atoms. The number of rotatable bonds is 4. The predicted octanol–water partition coefficient (Wildman–Crippen LogP) is 2.14. The van der Waals surface area contributed by atoms with Gasteiger partial charge < -0.3 is 15.4 Å². The minimum atomic E-state index is 0.0131. The fraction of sp³-hybridized carbons (Fsp3) is 0.143. The van der Waals surface area contributed by atoms with E-state index in [-0.39, 0.29) is 5.84 Å². The molecule has 1 aromatic heterocycles. The number of nitrogen functional groups attached to an aromatic ring is 1. The van der Waals surface area contributed by atoms with Crippen LogP contribution < -0.4 is 15.4 Å². The number of nitrogens with one attached hydrogen (secondary N) is 1. The van der Waals surface area contributed by atoms with E-state index in [0.29, 0.717) is 5.56 Å². The molecule has 0 bridgehead atoms. The van der Waals surface area contributed by atoms with Crippen molar-refractivity contribution in [3.05, 3.63) is 48.3 Å². The number of nitrogens with two attached hydrogens (primary N) is 1. The summed E-state index contributed by atoms with van der Waals surface area (Å²) in [5.74, 6) is 0.766. The van der Waals surface area contributed by atoms with Gasteiger partial charge in [-0.05, 0) is 18.2 Å². The molecule has 2 aromatic rings. The van der Waals surface area contributed by atoms with Gasteiger partial charge in [0.05, 0.1) is 24.7 Å². The van der Waals surface area contributed by atoms with Gasteiger partial charge in [0.2, 0.25) is 0 Å². The number of pyridine rings is 1. The number of para-hydroxylation sites is 2. The lowest BCUT2D eigenvalue weighted by atomic mass is 10.1. The number of amidine groups is 1. The minimum absolute atomic E-state index is 0.0131. The van der Waals surface area contributed by atoms with Gasteiger partial charge in [0.15, 0.2) is 0 Å². The first kappa shape index (κ1) is 12.9. The average Bonchev–Trinajstić information content (AvgIpc) is 2.46. The lowest BCUT2D eigenvalue weighted by molar-refractivity contribution is 0.415. The molecule has 5 heteroatoms. The number of ether oxygens (including phenoxy) is 1. The predicted molar refractivity (Wildman–Crippen MR) is 76.3 cm³/mol. The fourth-order valence-corrected chi connectivity index (χ4v) is 1.92. The van der Waals surface area contributed by atoms with Crippen molar-refractivity contribution >= 4 is 17.2 Å². The first-order valence-corrected chi connectivity index (χ1v) is 5.80. The summed E-state index contributed by atoms with van der Waals surface area (Å²) < 4.78 is 5.34. The number of hydrogen-bond acceptors (Lipinski definition) is 4. The smallest absolute Gasteiger partial charge is 0.142 e. The number of methoxy groups -OCH3 is 1. The van der Waals surface area contributed by atoms with Gasteiger partial charge in [-0.3, -0.25) is 10.4 Å². The second kappa shape index (κ2) is 5.39. The van der Waals surface area contributed by atoms with Crippen LogP contribution in [0.1, 0.15) is 5.56 Å². The molecule has 1 aromatic carbocycles. The summed E-state index contributed by atoms with van der Waals surface area (Å²) in [5, 5.41) is 7.62. The topological polar surface area (TPSA) is 75.2 Å². The third-order valence-electron chi connectivity index (χ3n) is 2.90. The van der Waals surface area contributed by atoms with Gasteiger partial charge in [-0.25, -0.2) is 0 Å². The highest BCUT2D eigenvalue weighted by atomic mass is 16.5. The van der Waals surface area contributed by atoms with Crippen molar-refractivity contribution in [1.29, 1.82) is 5.41 Å². The molecule has 0 spiro atoms. The molecule has 0 aliphatic carbocycles. The Hall–Kier alpha value is -2.56. The number of benzene rings is 1. The summed E-state index contributed by atoms with van der Waals surface area (Å²) in [7, 11) is 3.52. The minimum Gasteiger partial charge on any atom is -0.495 e. The van der Waals surface area contributed by atoms with E-state index in [9.17, 15) is 0 Å². The Morgan fingerprint density at radius 2 is 2.00 bits per heavy atom. The van der Waals surface area contributed by atoms with Crippen molar-refractivity contribution in [3.8, 4) is 5.75 Å². The van der Waals surface area contributed by atoms with E-state index in [0.717, 1.165) is 17.1 Å². The summed E-state index contributed by atoms with van der Waals surface area (Å²) in [4.78, 5) is 6.00. The number of hydrogen-bond donors (Lipinski definition) is 2. The molecular weight excluding hydrogens is 240 g/mol. The summed E-state index contributed by atoms with van der Waals surface area (Å²) in [6.07, 6.45) is 3.31. The Bertz CT molecular complexity index is 598. The molecule has 2 rings (SSSR count). The second-order valence-corrected chi connectivity index (χ2v) is 4.04. The molecule has 0 saturated heterocycles. The molecule has 0 fully saturated rings. The van der Waals surface area contributed by atoms with Gasteiger partial charge in [0.1, 0.15) is 11.6 Å². The van der Waals surface area contributed by atoms with Gasteiger partial charge in [0, 0.05) is 18.8 Å². The monoisotopic (exact) mass is 256 g/mol. The van der Waals surface area contributed by atoms with Crippen molar-refractivity contribution in [1.82, 2.24) is 4.98 Å². The lowest BCUT2D eigenvalue weighted by Gasteiger charge is -2.23. The van der Waals surface area contributed by atoms with Crippen molar-refractivity contribution in [2.75, 3.05) is 19.1 Å². The van der Waals surface area contributed by atoms with E-state index in [1.54, 1.807) is 25.6 Å². The van der Waals surface area contributed by atoms with Crippen LogP contribution in [0.3, 0.4) is 0 Å². The Balaban J connectivity index is 2.50. The summed E-state index contributed by atoms with van der Waals surface area (Å²) >= 11 is 0. The maximum atomic E-state index is 7.62. The van der Waals surface area contributed by atoms with Crippen LogP contribution in [0.2, 0.25) is 0 Å². The van der Waals surface area contributed by atoms with Crippen LogP contribution in [0.15, 0.2) is 42.7 Å². The van der Waals surface area contributed by atoms with Crippen LogP contribution in [0.5, 0.6) is 5.75 Å². The summed E-state index contributed by atoms with van der Waals surface area (Å²) in [6.45, 7) is 0. The molecule has 3 N–H and O–H groups in total. The molecule has 0 saturated carbocycles. The van der Waals surface area contributed by atoms with Crippen molar-refractivity contribution in [2.45, 2.75) is 0 Å². The van der Waals surface area contributed by atoms with E-state index in [1.165, 1.54) is 0 Å². The molecule has 0 atom stereocenters. The highest BCUT2D eigenvalue weighted by Crippen LogP contribution is 2.33. The van der Waals surface area contributed by atoms with Gasteiger partial charge in [-0.2, -0.15) is 0 Å². The van der Waals surface area contributed by atoms with Crippen molar-refractivity contribution in [2.24, 2.45) is 5.73 Å². The Morgan fingerprint density at radius 3 is 2.68 bits per heavy atom. The van der Waals surface area contributed by atoms with Gasteiger partial charge in [-0.15, -0.1) is 0 Å². The highest BCUT2D eigenvalue weighted by Gasteiger charge is 2.14. The Kier molecular flexibility index (Phi) is 3.66. The molecule has 1 heterocycles. The summed E-state index contributed by atoms with van der Waals surface area (Å²) in [5.41, 5.74) is 7.89. The second-order valence-electron chi connectivity index (χ2n) is 4.04. The third-order valence-corrected chi connectivity index (χ3v) is 2.90. The quantitative estimate of drug-likeness (QED) is 0.649. The molecule has 0 unspecified atom stereocenters. The normalized spacial score (nSPS) is 10.0. The largest absolute Gasteiger partial charge is 0.495 e. The van der Waals surface area contributed by atoms with E-state index >= 15 is 0 Å². The number of nitrogens with zero attached hydrogens (tertiary/aromatic N) is 2. The van der Waals surface area contributed by atoms with Crippen LogP contribution in [0, 0.1) is 5.41 Å². The molecule has 5 nitrogen and oxygen atoms in total. The van der Waals surface area contributed by atoms with Gasteiger partial charge >= 0.3 is 0 Å². The molecule has 98 valence electrons.